The summed E-state index contributed by atoms with van der Waals surface area (Å²) < 4.78 is 5.85. The van der Waals surface area contributed by atoms with Gasteiger partial charge in [-0.15, -0.1) is 0 Å². The van der Waals surface area contributed by atoms with Crippen LogP contribution in [0.5, 0.6) is 0 Å². The van der Waals surface area contributed by atoms with Crippen LogP contribution in [-0.4, -0.2) is 0 Å². The van der Waals surface area contributed by atoms with Gasteiger partial charge in [0.1, 0.15) is 11.3 Å². The monoisotopic (exact) mass is 276 g/mol. The molecule has 1 heterocycles. The van der Waals surface area contributed by atoms with E-state index in [0.29, 0.717) is 12.1 Å². The van der Waals surface area contributed by atoms with Crippen LogP contribution in [0, 0.1) is 11.3 Å². The molecular formula is C18H16N2O. The largest absolute Gasteiger partial charge is 0.459 e. The number of furan rings is 1. The van der Waals surface area contributed by atoms with E-state index in [4.69, 9.17) is 9.68 Å². The van der Waals surface area contributed by atoms with Crippen LogP contribution in [0.25, 0.3) is 11.0 Å². The van der Waals surface area contributed by atoms with E-state index in [2.05, 4.69) is 24.4 Å². The zero-order valence-corrected chi connectivity index (χ0v) is 11.8. The number of rotatable bonds is 4. The first-order valence-corrected chi connectivity index (χ1v) is 6.98. The molecule has 0 saturated heterocycles. The molecular weight excluding hydrogens is 260 g/mol. The van der Waals surface area contributed by atoms with E-state index in [-0.39, 0.29) is 6.04 Å². The second-order valence-corrected chi connectivity index (χ2v) is 5.06. The molecule has 3 rings (SSSR count). The molecule has 0 fully saturated rings. The van der Waals surface area contributed by atoms with E-state index in [9.17, 15) is 0 Å². The van der Waals surface area contributed by atoms with Gasteiger partial charge in [-0.25, -0.2) is 0 Å². The molecule has 1 atom stereocenters. The van der Waals surface area contributed by atoms with E-state index >= 15 is 0 Å². The highest BCUT2D eigenvalue weighted by atomic mass is 16.3. The summed E-state index contributed by atoms with van der Waals surface area (Å²) in [7, 11) is 0. The topological polar surface area (TPSA) is 49.0 Å². The van der Waals surface area contributed by atoms with Crippen molar-refractivity contribution in [2.24, 2.45) is 0 Å². The maximum atomic E-state index is 9.10. The minimum absolute atomic E-state index is 0.0872. The molecule has 0 bridgehead atoms. The number of hydrogen-bond acceptors (Lipinski definition) is 3. The Kier molecular flexibility index (Phi) is 3.72. The molecule has 0 aliphatic rings. The summed E-state index contributed by atoms with van der Waals surface area (Å²) in [4.78, 5) is 0. The zero-order chi connectivity index (χ0) is 14.7. The minimum atomic E-state index is 0.0872. The number of nitriles is 1. The molecule has 2 aromatic carbocycles. The van der Waals surface area contributed by atoms with Gasteiger partial charge >= 0.3 is 0 Å². The predicted molar refractivity (Wildman–Crippen MR) is 82.6 cm³/mol. The van der Waals surface area contributed by atoms with Crippen LogP contribution >= 0.6 is 0 Å². The number of benzene rings is 2. The standard InChI is InChI=1S/C18H16N2O/c1-13(18-10-14-6-4-5-9-17(14)21-18)20-12-16-8-3-2-7-15(16)11-19/h2-10,13,20H,12H2,1H3. The van der Waals surface area contributed by atoms with Crippen molar-refractivity contribution in [1.82, 2.24) is 5.32 Å². The quantitative estimate of drug-likeness (QED) is 0.778. The smallest absolute Gasteiger partial charge is 0.134 e. The molecule has 3 aromatic rings. The SMILES string of the molecule is CC(NCc1ccccc1C#N)c1cc2ccccc2o1. The highest BCUT2D eigenvalue weighted by Gasteiger charge is 2.11. The fourth-order valence-electron chi connectivity index (χ4n) is 2.36. The molecule has 104 valence electrons. The fourth-order valence-corrected chi connectivity index (χ4v) is 2.36. The lowest BCUT2D eigenvalue weighted by Gasteiger charge is -2.12. The van der Waals surface area contributed by atoms with E-state index in [0.717, 1.165) is 22.3 Å². The van der Waals surface area contributed by atoms with Crippen LogP contribution in [0.3, 0.4) is 0 Å². The van der Waals surface area contributed by atoms with Crippen LogP contribution in [0.2, 0.25) is 0 Å². The van der Waals surface area contributed by atoms with Gasteiger partial charge in [-0.2, -0.15) is 5.26 Å². The average molecular weight is 276 g/mol. The second-order valence-electron chi connectivity index (χ2n) is 5.06. The Morgan fingerprint density at radius 3 is 2.71 bits per heavy atom. The van der Waals surface area contributed by atoms with Crippen molar-refractivity contribution < 1.29 is 4.42 Å². The molecule has 1 unspecified atom stereocenters. The molecule has 0 amide bonds. The van der Waals surface area contributed by atoms with Crippen molar-refractivity contribution in [1.29, 1.82) is 5.26 Å². The number of fused-ring (bicyclic) bond motifs is 1. The fraction of sp³-hybridized carbons (Fsp3) is 0.167. The highest BCUT2D eigenvalue weighted by Crippen LogP contribution is 2.23. The number of nitrogens with zero attached hydrogens (tertiary/aromatic N) is 1. The minimum Gasteiger partial charge on any atom is -0.459 e. The zero-order valence-electron chi connectivity index (χ0n) is 11.8. The lowest BCUT2D eigenvalue weighted by molar-refractivity contribution is 0.451. The summed E-state index contributed by atoms with van der Waals surface area (Å²) in [5.74, 6) is 0.908. The number of hydrogen-bond donors (Lipinski definition) is 1. The van der Waals surface area contributed by atoms with Crippen LogP contribution in [0.4, 0.5) is 0 Å². The molecule has 0 radical (unpaired) electrons. The third-order valence-electron chi connectivity index (χ3n) is 3.61. The van der Waals surface area contributed by atoms with Crippen LogP contribution in [0.15, 0.2) is 59.0 Å². The number of nitrogens with one attached hydrogen (secondary N) is 1. The molecule has 3 nitrogen and oxygen atoms in total. The van der Waals surface area contributed by atoms with Crippen molar-refractivity contribution in [2.75, 3.05) is 0 Å². The summed E-state index contributed by atoms with van der Waals surface area (Å²) in [6.45, 7) is 2.70. The van der Waals surface area contributed by atoms with Gasteiger partial charge in [-0.05, 0) is 30.7 Å². The Labute approximate surface area is 123 Å². The van der Waals surface area contributed by atoms with Gasteiger partial charge in [0.05, 0.1) is 17.7 Å². The highest BCUT2D eigenvalue weighted by molar-refractivity contribution is 5.77. The normalized spacial score (nSPS) is 12.2. The first-order chi connectivity index (χ1) is 10.3. The Bertz CT molecular complexity index is 765. The third kappa shape index (κ3) is 2.81. The van der Waals surface area contributed by atoms with Crippen molar-refractivity contribution in [3.63, 3.8) is 0 Å². The first kappa shape index (κ1) is 13.4. The van der Waals surface area contributed by atoms with Gasteiger partial charge in [-0.3, -0.25) is 0 Å². The molecule has 1 N–H and O–H groups in total. The van der Waals surface area contributed by atoms with Crippen LogP contribution in [0.1, 0.15) is 29.9 Å². The van der Waals surface area contributed by atoms with E-state index in [1.54, 1.807) is 0 Å². The van der Waals surface area contributed by atoms with Crippen molar-refractivity contribution >= 4 is 11.0 Å². The van der Waals surface area contributed by atoms with E-state index in [1.165, 1.54) is 0 Å². The van der Waals surface area contributed by atoms with Gasteiger partial charge in [0.15, 0.2) is 0 Å². The van der Waals surface area contributed by atoms with Gasteiger partial charge < -0.3 is 9.73 Å². The number of para-hydroxylation sites is 1. The summed E-state index contributed by atoms with van der Waals surface area (Å²) >= 11 is 0. The molecule has 1 aromatic heterocycles. The molecule has 0 saturated carbocycles. The van der Waals surface area contributed by atoms with Crippen LogP contribution < -0.4 is 5.32 Å². The molecule has 0 aliphatic heterocycles. The maximum absolute atomic E-state index is 9.10. The average Bonchev–Trinajstić information content (AvgIpc) is 2.97. The predicted octanol–water partition coefficient (Wildman–Crippen LogP) is 4.16. The van der Waals surface area contributed by atoms with E-state index < -0.39 is 0 Å². The summed E-state index contributed by atoms with van der Waals surface area (Å²) in [5, 5.41) is 13.6. The summed E-state index contributed by atoms with van der Waals surface area (Å²) in [5.41, 5.74) is 2.61. The van der Waals surface area contributed by atoms with Crippen molar-refractivity contribution in [3.05, 3.63) is 71.5 Å². The van der Waals surface area contributed by atoms with Crippen LogP contribution in [-0.2, 0) is 6.54 Å². The third-order valence-corrected chi connectivity index (χ3v) is 3.61. The van der Waals surface area contributed by atoms with Gasteiger partial charge in [0.2, 0.25) is 0 Å². The van der Waals surface area contributed by atoms with Gasteiger partial charge in [0.25, 0.3) is 0 Å². The second kappa shape index (κ2) is 5.82. The molecule has 0 spiro atoms. The van der Waals surface area contributed by atoms with E-state index in [1.807, 2.05) is 48.5 Å². The maximum Gasteiger partial charge on any atom is 0.134 e. The van der Waals surface area contributed by atoms with Crippen molar-refractivity contribution in [2.45, 2.75) is 19.5 Å². The summed E-state index contributed by atoms with van der Waals surface area (Å²) in [6.07, 6.45) is 0. The van der Waals surface area contributed by atoms with Gasteiger partial charge in [-0.1, -0.05) is 36.4 Å². The summed E-state index contributed by atoms with van der Waals surface area (Å²) in [6, 6.07) is 20.0. The molecule has 0 aliphatic carbocycles. The molecule has 21 heavy (non-hydrogen) atoms. The Morgan fingerprint density at radius 1 is 1.14 bits per heavy atom. The van der Waals surface area contributed by atoms with Gasteiger partial charge in [0, 0.05) is 11.9 Å². The first-order valence-electron chi connectivity index (χ1n) is 6.98. The Morgan fingerprint density at radius 2 is 1.90 bits per heavy atom. The lowest BCUT2D eigenvalue weighted by atomic mass is 10.1. The Hall–Kier alpha value is -2.57. The molecule has 3 heteroatoms. The Balaban J connectivity index is 1.74. The van der Waals surface area contributed by atoms with Crippen molar-refractivity contribution in [3.8, 4) is 6.07 Å². The lowest BCUT2D eigenvalue weighted by Crippen LogP contribution is -2.18.